The Balaban J connectivity index is 1.62. The molecule has 200 valence electrons. The van der Waals surface area contributed by atoms with Crippen LogP contribution in [0, 0.1) is 0 Å². The van der Waals surface area contributed by atoms with E-state index in [2.05, 4.69) is 23.7 Å². The van der Waals surface area contributed by atoms with Gasteiger partial charge in [0.05, 0.1) is 19.3 Å². The highest BCUT2D eigenvalue weighted by atomic mass is 16.5. The van der Waals surface area contributed by atoms with Gasteiger partial charge >= 0.3 is 0 Å². The molecule has 0 unspecified atom stereocenters. The summed E-state index contributed by atoms with van der Waals surface area (Å²) in [6, 6.07) is 9.59. The van der Waals surface area contributed by atoms with Crippen molar-refractivity contribution in [3.8, 4) is 11.5 Å². The maximum Gasteiger partial charge on any atom is 0.252 e. The molecule has 2 rings (SSSR count). The van der Waals surface area contributed by atoms with Crippen LogP contribution in [0.1, 0.15) is 113 Å². The lowest BCUT2D eigenvalue weighted by Gasteiger charge is -2.13. The second-order valence-electron chi connectivity index (χ2n) is 9.73. The summed E-state index contributed by atoms with van der Waals surface area (Å²) >= 11 is 0. The van der Waals surface area contributed by atoms with Crippen LogP contribution in [-0.4, -0.2) is 19.6 Å². The number of rotatable bonds is 20. The van der Waals surface area contributed by atoms with Gasteiger partial charge in [-0.2, -0.15) is 0 Å². The molecule has 0 saturated heterocycles. The van der Waals surface area contributed by atoms with Crippen molar-refractivity contribution in [3.05, 3.63) is 53.9 Å². The van der Waals surface area contributed by atoms with Gasteiger partial charge in [-0.15, -0.1) is 0 Å². The van der Waals surface area contributed by atoms with E-state index in [0.717, 1.165) is 30.7 Å². The second kappa shape index (κ2) is 18.7. The molecule has 0 aliphatic heterocycles. The van der Waals surface area contributed by atoms with Gasteiger partial charge in [0.25, 0.3) is 5.91 Å². The van der Waals surface area contributed by atoms with Crippen molar-refractivity contribution in [2.75, 3.05) is 13.7 Å². The average molecular weight is 498 g/mol. The van der Waals surface area contributed by atoms with Crippen LogP contribution in [-0.2, 0) is 13.1 Å². The first-order valence-corrected chi connectivity index (χ1v) is 14.2. The van der Waals surface area contributed by atoms with E-state index in [-0.39, 0.29) is 5.91 Å². The number of aromatic nitrogens is 1. The fourth-order valence-corrected chi connectivity index (χ4v) is 4.37. The van der Waals surface area contributed by atoms with Gasteiger partial charge in [0.15, 0.2) is 23.9 Å². The molecule has 0 fully saturated rings. The van der Waals surface area contributed by atoms with E-state index in [9.17, 15) is 4.79 Å². The summed E-state index contributed by atoms with van der Waals surface area (Å²) in [5, 5.41) is 2.99. The first-order chi connectivity index (χ1) is 17.7. The van der Waals surface area contributed by atoms with E-state index in [4.69, 9.17) is 9.47 Å². The number of unbranched alkanes of at least 4 members (excludes halogenated alkanes) is 11. The molecule has 1 heterocycles. The monoisotopic (exact) mass is 497 g/mol. The molecule has 2 aromatic rings. The van der Waals surface area contributed by atoms with Gasteiger partial charge in [-0.1, -0.05) is 90.5 Å². The highest BCUT2D eigenvalue weighted by Crippen LogP contribution is 2.28. The van der Waals surface area contributed by atoms with Crippen LogP contribution in [0.3, 0.4) is 0 Å². The number of carbonyl (C=O) groups excluding carboxylic acids is 1. The van der Waals surface area contributed by atoms with Gasteiger partial charge < -0.3 is 14.8 Å². The molecule has 1 N–H and O–H groups in total. The fourth-order valence-electron chi connectivity index (χ4n) is 4.37. The SMILES string of the molecule is CCCCCCCCCCCCCCOc1ccc(CNC(=O)c2cc[n+](CCC)cc2)cc1OC. The second-order valence-corrected chi connectivity index (χ2v) is 9.73. The van der Waals surface area contributed by atoms with Gasteiger partial charge in [-0.3, -0.25) is 4.79 Å². The number of aryl methyl sites for hydroxylation is 1. The molecule has 0 atom stereocenters. The highest BCUT2D eigenvalue weighted by Gasteiger charge is 2.10. The lowest BCUT2D eigenvalue weighted by Crippen LogP contribution is -2.33. The number of hydrogen-bond donors (Lipinski definition) is 1. The molecule has 1 aromatic heterocycles. The molecule has 0 aliphatic rings. The summed E-state index contributed by atoms with van der Waals surface area (Å²) < 4.78 is 13.6. The van der Waals surface area contributed by atoms with Gasteiger partial charge in [0, 0.05) is 25.1 Å². The Hall–Kier alpha value is -2.56. The van der Waals surface area contributed by atoms with Gasteiger partial charge in [0.2, 0.25) is 0 Å². The molecular formula is C31H49N2O3+. The lowest BCUT2D eigenvalue weighted by atomic mass is 10.1. The van der Waals surface area contributed by atoms with E-state index in [1.54, 1.807) is 7.11 Å². The van der Waals surface area contributed by atoms with Crippen LogP contribution >= 0.6 is 0 Å². The molecule has 0 saturated carbocycles. The molecule has 0 spiro atoms. The topological polar surface area (TPSA) is 51.4 Å². The Bertz CT molecular complexity index is 851. The van der Waals surface area contributed by atoms with E-state index in [0.29, 0.717) is 24.5 Å². The Morgan fingerprint density at radius 2 is 1.39 bits per heavy atom. The first-order valence-electron chi connectivity index (χ1n) is 14.2. The molecule has 1 aromatic carbocycles. The minimum absolute atomic E-state index is 0.0788. The number of hydrogen-bond acceptors (Lipinski definition) is 3. The number of amides is 1. The van der Waals surface area contributed by atoms with Gasteiger partial charge in [-0.05, 0) is 24.1 Å². The average Bonchev–Trinajstić information content (AvgIpc) is 2.91. The quantitative estimate of drug-likeness (QED) is 0.153. The molecule has 0 radical (unpaired) electrons. The minimum atomic E-state index is -0.0788. The van der Waals surface area contributed by atoms with E-state index >= 15 is 0 Å². The maximum atomic E-state index is 12.5. The summed E-state index contributed by atoms with van der Waals surface area (Å²) in [4.78, 5) is 12.5. The Kier molecular flexibility index (Phi) is 15.4. The molecule has 36 heavy (non-hydrogen) atoms. The van der Waals surface area contributed by atoms with E-state index < -0.39 is 0 Å². The zero-order valence-corrected chi connectivity index (χ0v) is 23.0. The number of benzene rings is 1. The largest absolute Gasteiger partial charge is 0.493 e. The number of methoxy groups -OCH3 is 1. The van der Waals surface area contributed by atoms with E-state index in [1.165, 1.54) is 70.6 Å². The molecule has 5 heteroatoms. The molecular weight excluding hydrogens is 448 g/mol. The van der Waals surface area contributed by atoms with Gasteiger partial charge in [-0.25, -0.2) is 4.57 Å². The zero-order valence-electron chi connectivity index (χ0n) is 23.0. The molecule has 0 aliphatic carbocycles. The third-order valence-electron chi connectivity index (χ3n) is 6.57. The van der Waals surface area contributed by atoms with Crippen molar-refractivity contribution in [3.63, 3.8) is 0 Å². The zero-order chi connectivity index (χ0) is 25.8. The summed E-state index contributed by atoms with van der Waals surface area (Å²) in [6.07, 6.45) is 21.0. The van der Waals surface area contributed by atoms with Gasteiger partial charge in [0.1, 0.15) is 6.54 Å². The lowest BCUT2D eigenvalue weighted by molar-refractivity contribution is -0.697. The van der Waals surface area contributed by atoms with Crippen molar-refractivity contribution in [2.24, 2.45) is 0 Å². The van der Waals surface area contributed by atoms with Crippen LogP contribution in [0.4, 0.5) is 0 Å². The smallest absolute Gasteiger partial charge is 0.252 e. The fraction of sp³-hybridized carbons (Fsp3) is 0.613. The standard InChI is InChI=1S/C31H48N2O3/c1-4-6-7-8-9-10-11-12-13-14-15-16-24-36-29-18-17-27(25-30(29)35-3)26-32-31(34)28-19-22-33(21-5-2)23-20-28/h17-20,22-23,25H,4-16,21,24,26H2,1-3H3/p+1. The number of carbonyl (C=O) groups is 1. The van der Waals surface area contributed by atoms with Crippen molar-refractivity contribution in [1.29, 1.82) is 0 Å². The number of ether oxygens (including phenoxy) is 2. The van der Waals surface area contributed by atoms with Crippen LogP contribution in [0.5, 0.6) is 11.5 Å². The van der Waals surface area contributed by atoms with Crippen molar-refractivity contribution >= 4 is 5.91 Å². The summed E-state index contributed by atoms with van der Waals surface area (Å²) in [5.41, 5.74) is 1.64. The summed E-state index contributed by atoms with van der Waals surface area (Å²) in [7, 11) is 1.66. The third kappa shape index (κ3) is 11.9. The summed E-state index contributed by atoms with van der Waals surface area (Å²) in [6.45, 7) is 6.51. The Morgan fingerprint density at radius 1 is 0.778 bits per heavy atom. The van der Waals surface area contributed by atoms with Crippen molar-refractivity contribution in [2.45, 2.75) is 110 Å². The normalized spacial score (nSPS) is 10.9. The van der Waals surface area contributed by atoms with Crippen molar-refractivity contribution in [1.82, 2.24) is 5.32 Å². The van der Waals surface area contributed by atoms with Crippen molar-refractivity contribution < 1.29 is 18.8 Å². The highest BCUT2D eigenvalue weighted by molar-refractivity contribution is 5.93. The number of pyridine rings is 1. The van der Waals surface area contributed by atoms with Crippen LogP contribution in [0.25, 0.3) is 0 Å². The maximum absolute atomic E-state index is 12.5. The van der Waals surface area contributed by atoms with Crippen LogP contribution < -0.4 is 19.4 Å². The molecule has 1 amide bonds. The number of nitrogens with zero attached hydrogens (tertiary/aromatic N) is 1. The minimum Gasteiger partial charge on any atom is -0.493 e. The number of nitrogens with one attached hydrogen (secondary N) is 1. The Labute approximate surface area is 219 Å². The molecule has 5 nitrogen and oxygen atoms in total. The van der Waals surface area contributed by atoms with Crippen LogP contribution in [0.2, 0.25) is 0 Å². The third-order valence-corrected chi connectivity index (χ3v) is 6.57. The summed E-state index contributed by atoms with van der Waals surface area (Å²) in [5.74, 6) is 1.39. The van der Waals surface area contributed by atoms with Crippen LogP contribution in [0.15, 0.2) is 42.7 Å². The Morgan fingerprint density at radius 3 is 1.97 bits per heavy atom. The van der Waals surface area contributed by atoms with E-state index in [1.807, 2.05) is 42.7 Å². The predicted octanol–water partition coefficient (Wildman–Crippen LogP) is 7.40. The molecule has 0 bridgehead atoms. The predicted molar refractivity (Wildman–Crippen MR) is 148 cm³/mol. The first kappa shape index (κ1) is 29.7.